The van der Waals surface area contributed by atoms with E-state index in [4.69, 9.17) is 23.9 Å². The van der Waals surface area contributed by atoms with Crippen LogP contribution in [0.4, 0.5) is 14.0 Å². The Labute approximate surface area is 299 Å². The second kappa shape index (κ2) is 13.4. The number of ether oxygens (including phenoxy) is 4. The molecular weight excluding hydrogens is 671 g/mol. The maximum atomic E-state index is 15.3. The Morgan fingerprint density at radius 2 is 1.87 bits per heavy atom. The first kappa shape index (κ1) is 35.1. The van der Waals surface area contributed by atoms with E-state index in [0.717, 1.165) is 27.6 Å². The zero-order valence-corrected chi connectivity index (χ0v) is 29.8. The maximum absolute atomic E-state index is 15.3. The summed E-state index contributed by atoms with van der Waals surface area (Å²) in [4.78, 5) is 57.8. The van der Waals surface area contributed by atoms with Gasteiger partial charge in [0.2, 0.25) is 0 Å². The highest BCUT2D eigenvalue weighted by Gasteiger charge is 2.44. The molecule has 2 amide bonds. The lowest BCUT2D eigenvalue weighted by atomic mass is 9.81. The van der Waals surface area contributed by atoms with Crippen LogP contribution in [0.1, 0.15) is 85.5 Å². The molecule has 272 valence electrons. The van der Waals surface area contributed by atoms with Gasteiger partial charge in [-0.15, -0.1) is 0 Å². The zero-order valence-electron chi connectivity index (χ0n) is 29.8. The largest absolute Gasteiger partial charge is 0.450 e. The average molecular weight is 713 g/mol. The number of hydrogen-bond donors (Lipinski definition) is 2. The number of carbonyl (C=O) groups excluding carboxylic acids is 3. The third-order valence-corrected chi connectivity index (χ3v) is 9.97. The van der Waals surface area contributed by atoms with E-state index in [1.54, 1.807) is 38.3 Å². The molecule has 2 atom stereocenters. The molecular formula is C39H41FN4O8. The number of alkyl carbamates (subject to hydrolysis) is 2. The lowest BCUT2D eigenvalue weighted by Crippen LogP contribution is -2.45. The third-order valence-electron chi connectivity index (χ3n) is 9.97. The minimum atomic E-state index is -1.33. The van der Waals surface area contributed by atoms with Crippen LogP contribution < -0.4 is 16.2 Å². The fraction of sp³-hybridized carbons (Fsp3) is 0.410. The van der Waals surface area contributed by atoms with Crippen LogP contribution in [0.25, 0.3) is 22.3 Å². The summed E-state index contributed by atoms with van der Waals surface area (Å²) < 4.78 is 39.6. The Kier molecular flexibility index (Phi) is 9.02. The predicted octanol–water partition coefficient (Wildman–Crippen LogP) is 5.99. The minimum Gasteiger partial charge on any atom is -0.450 e. The molecule has 4 aromatic rings. The molecule has 52 heavy (non-hydrogen) atoms. The molecule has 1 aliphatic carbocycles. The van der Waals surface area contributed by atoms with Crippen molar-refractivity contribution in [2.24, 2.45) is 0 Å². The highest BCUT2D eigenvalue weighted by atomic mass is 19.1. The summed E-state index contributed by atoms with van der Waals surface area (Å²) in [6, 6.07) is 11.9. The Morgan fingerprint density at radius 1 is 1.10 bits per heavy atom. The molecule has 0 saturated carbocycles. The topological polar surface area (TPSA) is 147 Å². The van der Waals surface area contributed by atoms with Gasteiger partial charge in [-0.2, -0.15) is 0 Å². The number of nitrogens with one attached hydrogen (secondary N) is 2. The minimum absolute atomic E-state index is 0.00773. The summed E-state index contributed by atoms with van der Waals surface area (Å²) in [5, 5.41) is 6.23. The number of amides is 2. The van der Waals surface area contributed by atoms with Gasteiger partial charge < -0.3 is 34.1 Å². The molecule has 12 nitrogen and oxygen atoms in total. The molecule has 4 heterocycles. The molecule has 0 spiro atoms. The third kappa shape index (κ3) is 6.38. The van der Waals surface area contributed by atoms with Crippen LogP contribution in [-0.4, -0.2) is 46.5 Å². The van der Waals surface area contributed by atoms with Gasteiger partial charge in [0, 0.05) is 22.6 Å². The number of hydrogen-bond acceptors (Lipinski definition) is 9. The Balaban J connectivity index is 1.23. The van der Waals surface area contributed by atoms with Crippen LogP contribution in [-0.2, 0) is 55.5 Å². The highest BCUT2D eigenvalue weighted by molar-refractivity contribution is 5.93. The number of aryl methyl sites for hydroxylation is 1. The van der Waals surface area contributed by atoms with Gasteiger partial charge in [0.25, 0.3) is 5.56 Å². The zero-order chi connectivity index (χ0) is 36.9. The number of halogens is 1. The molecule has 7 rings (SSSR count). The summed E-state index contributed by atoms with van der Waals surface area (Å²) in [5.74, 6) is -1.12. The number of carbonyl (C=O) groups is 3. The van der Waals surface area contributed by atoms with E-state index >= 15 is 4.39 Å². The van der Waals surface area contributed by atoms with Crippen LogP contribution in [0.5, 0.6) is 0 Å². The average Bonchev–Trinajstić information content (AvgIpc) is 3.47. The Hall–Kier alpha value is -5.30. The monoisotopic (exact) mass is 712 g/mol. The van der Waals surface area contributed by atoms with Crippen LogP contribution >= 0.6 is 0 Å². The summed E-state index contributed by atoms with van der Waals surface area (Å²) in [6.45, 7) is 8.67. The summed E-state index contributed by atoms with van der Waals surface area (Å²) >= 11 is 0. The van der Waals surface area contributed by atoms with Crippen molar-refractivity contribution in [3.05, 3.63) is 97.6 Å². The molecule has 0 unspecified atom stereocenters. The first-order valence-electron chi connectivity index (χ1n) is 17.4. The van der Waals surface area contributed by atoms with E-state index in [-0.39, 0.29) is 44.2 Å². The van der Waals surface area contributed by atoms with Crippen LogP contribution in [0.2, 0.25) is 0 Å². The van der Waals surface area contributed by atoms with Crippen LogP contribution in [0.15, 0.2) is 47.3 Å². The fourth-order valence-electron chi connectivity index (χ4n) is 7.50. The van der Waals surface area contributed by atoms with Gasteiger partial charge >= 0.3 is 18.2 Å². The number of nitrogens with zero attached hydrogens (tertiary/aromatic N) is 2. The van der Waals surface area contributed by atoms with Gasteiger partial charge in [-0.25, -0.2) is 19.0 Å². The van der Waals surface area contributed by atoms with Crippen molar-refractivity contribution in [1.29, 1.82) is 0 Å². The van der Waals surface area contributed by atoms with Crippen molar-refractivity contribution in [3.8, 4) is 11.4 Å². The second-order valence-electron chi connectivity index (χ2n) is 14.5. The molecule has 0 radical (unpaired) electrons. The van der Waals surface area contributed by atoms with E-state index in [0.29, 0.717) is 46.4 Å². The molecule has 2 aromatic carbocycles. The first-order valence-corrected chi connectivity index (χ1v) is 17.4. The number of benzene rings is 2. The standard InChI is InChI=1S/C39H41FN4O8/c1-6-39(51-31(45)16-41-36(47)50-18-22-10-8-7-9-11-22)20-49-19-25-26(39)14-30-34-24(17-44(30)35(25)46)33-28(43-37(48)52-38(3,4)5)13-12-23-21(2)27(40)15-29(42-34)32(23)33/h7-11,14-15,28H,6,12-13,16-20H2,1-5H3,(H,41,47)(H,43,48)/t28-,39+/m0/s1. The van der Waals surface area contributed by atoms with Gasteiger partial charge in [-0.05, 0) is 75.3 Å². The van der Waals surface area contributed by atoms with Crippen molar-refractivity contribution in [2.75, 3.05) is 13.2 Å². The SMILES string of the molecule is CC[C@@]1(OC(=O)CNC(=O)OCc2ccccc2)COCc2c1cc1n(c2=O)Cc2c-1nc1cc(F)c(C)c3c1c2[C@@H](NC(=O)OC(C)(C)C)CC3. The van der Waals surface area contributed by atoms with Crippen molar-refractivity contribution in [3.63, 3.8) is 0 Å². The van der Waals surface area contributed by atoms with Crippen molar-refractivity contribution in [2.45, 2.75) is 90.9 Å². The lowest BCUT2D eigenvalue weighted by molar-refractivity contribution is -0.172. The molecule has 2 N–H and O–H groups in total. The fourth-order valence-corrected chi connectivity index (χ4v) is 7.50. The predicted molar refractivity (Wildman–Crippen MR) is 188 cm³/mol. The van der Waals surface area contributed by atoms with Crippen molar-refractivity contribution in [1.82, 2.24) is 20.2 Å². The van der Waals surface area contributed by atoms with Gasteiger partial charge in [-0.3, -0.25) is 9.59 Å². The number of esters is 1. The van der Waals surface area contributed by atoms with Crippen LogP contribution in [0.3, 0.4) is 0 Å². The van der Waals surface area contributed by atoms with Gasteiger partial charge in [0.1, 0.15) is 24.6 Å². The number of pyridine rings is 2. The Morgan fingerprint density at radius 3 is 2.60 bits per heavy atom. The van der Waals surface area contributed by atoms with Crippen LogP contribution in [0, 0.1) is 12.7 Å². The first-order chi connectivity index (χ1) is 24.8. The van der Waals surface area contributed by atoms with Gasteiger partial charge in [0.05, 0.1) is 48.3 Å². The molecule has 0 saturated heterocycles. The van der Waals surface area contributed by atoms with Gasteiger partial charge in [-0.1, -0.05) is 37.3 Å². The maximum Gasteiger partial charge on any atom is 0.408 e. The normalized spacial score (nSPS) is 18.5. The summed E-state index contributed by atoms with van der Waals surface area (Å²) in [7, 11) is 0. The highest BCUT2D eigenvalue weighted by Crippen LogP contribution is 2.46. The molecule has 3 aliphatic rings. The number of fused-ring (bicyclic) bond motifs is 5. The number of rotatable bonds is 7. The van der Waals surface area contributed by atoms with Crippen molar-refractivity contribution < 1.29 is 37.7 Å². The van der Waals surface area contributed by atoms with E-state index in [2.05, 4.69) is 10.6 Å². The molecule has 2 aliphatic heterocycles. The van der Waals surface area contributed by atoms with Crippen molar-refractivity contribution >= 4 is 29.1 Å². The molecule has 0 bridgehead atoms. The Bertz CT molecular complexity index is 2180. The van der Waals surface area contributed by atoms with E-state index < -0.39 is 41.9 Å². The molecule has 0 fully saturated rings. The van der Waals surface area contributed by atoms with E-state index in [1.165, 1.54) is 6.07 Å². The number of aromatic nitrogens is 2. The summed E-state index contributed by atoms with van der Waals surface area (Å²) in [6.07, 6.45) is -0.0636. The molecule has 13 heteroatoms. The smallest absolute Gasteiger partial charge is 0.408 e. The summed E-state index contributed by atoms with van der Waals surface area (Å²) in [5.41, 5.74) is 3.53. The second-order valence-corrected chi connectivity index (χ2v) is 14.5. The van der Waals surface area contributed by atoms with Gasteiger partial charge in [0.15, 0.2) is 5.60 Å². The van der Waals surface area contributed by atoms with E-state index in [1.807, 2.05) is 37.3 Å². The molecule has 2 aromatic heterocycles. The quantitative estimate of drug-likeness (QED) is 0.153. The van der Waals surface area contributed by atoms with E-state index in [9.17, 15) is 19.2 Å². The lowest BCUT2D eigenvalue weighted by Gasteiger charge is -2.37.